The van der Waals surface area contributed by atoms with E-state index in [-0.39, 0.29) is 29.8 Å². The third kappa shape index (κ3) is 3.73. The molecule has 2 saturated heterocycles. The van der Waals surface area contributed by atoms with Crippen molar-refractivity contribution in [2.45, 2.75) is 31.3 Å². The lowest BCUT2D eigenvalue weighted by Gasteiger charge is -2.17. The molecule has 2 aliphatic heterocycles. The number of nitrogens with two attached hydrogens (primary N) is 1. The van der Waals surface area contributed by atoms with E-state index in [1.807, 2.05) is 0 Å². The van der Waals surface area contributed by atoms with Gasteiger partial charge in [0.1, 0.15) is 6.04 Å². The van der Waals surface area contributed by atoms with Crippen LogP contribution in [0.25, 0.3) is 0 Å². The highest BCUT2D eigenvalue weighted by Crippen LogP contribution is 2.29. The number of nitrogens with zero attached hydrogens (tertiary/aromatic N) is 2. The monoisotopic (exact) mass is 384 g/mol. The van der Waals surface area contributed by atoms with Gasteiger partial charge in [-0.2, -0.15) is 0 Å². The van der Waals surface area contributed by atoms with Gasteiger partial charge in [-0.1, -0.05) is 23.2 Å². The van der Waals surface area contributed by atoms with E-state index < -0.39 is 18.0 Å². The first-order valence-electron chi connectivity index (χ1n) is 7.99. The van der Waals surface area contributed by atoms with E-state index in [0.717, 1.165) is 11.3 Å². The van der Waals surface area contributed by atoms with Gasteiger partial charge in [-0.3, -0.25) is 9.59 Å². The minimum Gasteiger partial charge on any atom is -0.341 e. The molecular weight excluding hydrogens is 367 g/mol. The van der Waals surface area contributed by atoms with Crippen LogP contribution in [0.2, 0.25) is 10.0 Å². The molecule has 2 aliphatic rings. The molecule has 0 unspecified atom stereocenters. The van der Waals surface area contributed by atoms with Crippen LogP contribution in [0.5, 0.6) is 0 Å². The summed E-state index contributed by atoms with van der Waals surface area (Å²) >= 11 is 11.8. The second-order valence-corrected chi connectivity index (χ2v) is 7.02. The molecule has 134 valence electrons. The Balaban J connectivity index is 1.63. The van der Waals surface area contributed by atoms with Crippen LogP contribution in [0.3, 0.4) is 0 Å². The third-order valence-electron chi connectivity index (χ3n) is 4.40. The van der Waals surface area contributed by atoms with Crippen LogP contribution >= 0.6 is 23.2 Å². The smallest absolute Gasteiger partial charge is 0.329 e. The molecule has 4 amide bonds. The van der Waals surface area contributed by atoms with Crippen molar-refractivity contribution in [1.82, 2.24) is 10.2 Å². The molecule has 0 radical (unpaired) electrons. The summed E-state index contributed by atoms with van der Waals surface area (Å²) in [4.78, 5) is 39.5. The molecule has 0 bridgehead atoms. The van der Waals surface area contributed by atoms with Crippen molar-refractivity contribution in [1.29, 1.82) is 0 Å². The summed E-state index contributed by atoms with van der Waals surface area (Å²) in [5.41, 5.74) is 6.14. The molecule has 25 heavy (non-hydrogen) atoms. The Hall–Kier alpha value is -1.83. The summed E-state index contributed by atoms with van der Waals surface area (Å²) in [5, 5.41) is 3.20. The highest BCUT2D eigenvalue weighted by Gasteiger charge is 2.39. The Morgan fingerprint density at radius 2 is 2.04 bits per heavy atom. The molecule has 7 nitrogen and oxygen atoms in total. The molecule has 9 heteroatoms. The first kappa shape index (κ1) is 18.0. The Morgan fingerprint density at radius 3 is 2.68 bits per heavy atom. The Labute approximate surface area is 155 Å². The maximum Gasteiger partial charge on any atom is 0.329 e. The highest BCUT2D eigenvalue weighted by atomic mass is 35.5. The van der Waals surface area contributed by atoms with E-state index in [2.05, 4.69) is 5.32 Å². The van der Waals surface area contributed by atoms with Gasteiger partial charge in [-0.05, 0) is 31.0 Å². The quantitative estimate of drug-likeness (QED) is 0.772. The van der Waals surface area contributed by atoms with Gasteiger partial charge >= 0.3 is 6.03 Å². The molecule has 3 rings (SSSR count). The average Bonchev–Trinajstić information content (AvgIpc) is 3.12. The molecule has 1 aromatic carbocycles. The maximum atomic E-state index is 12.5. The van der Waals surface area contributed by atoms with E-state index in [0.29, 0.717) is 23.8 Å². The van der Waals surface area contributed by atoms with Gasteiger partial charge in [0.25, 0.3) is 5.91 Å². The number of likely N-dealkylation sites (tertiary alicyclic amines) is 1. The van der Waals surface area contributed by atoms with Gasteiger partial charge in [-0.25, -0.2) is 9.69 Å². The van der Waals surface area contributed by atoms with Crippen LogP contribution < -0.4 is 16.0 Å². The Bertz CT molecular complexity index is 727. The van der Waals surface area contributed by atoms with E-state index in [1.54, 1.807) is 11.0 Å². The van der Waals surface area contributed by atoms with Gasteiger partial charge in [-0.15, -0.1) is 0 Å². The van der Waals surface area contributed by atoms with Crippen molar-refractivity contribution in [3.8, 4) is 0 Å². The van der Waals surface area contributed by atoms with Crippen molar-refractivity contribution >= 4 is 46.7 Å². The summed E-state index contributed by atoms with van der Waals surface area (Å²) in [6.45, 7) is 1.18. The summed E-state index contributed by atoms with van der Waals surface area (Å²) < 4.78 is 0. The molecular formula is C16H18Cl2N4O3. The number of rotatable bonds is 4. The molecule has 3 N–H and O–H groups in total. The number of imide groups is 1. The number of amides is 4. The molecule has 2 atom stereocenters. The molecule has 0 saturated carbocycles. The predicted octanol–water partition coefficient (Wildman–Crippen LogP) is 1.76. The van der Waals surface area contributed by atoms with Crippen LogP contribution in [0, 0.1) is 0 Å². The minimum absolute atomic E-state index is 0.0157. The lowest BCUT2D eigenvalue weighted by Crippen LogP contribution is -2.35. The summed E-state index contributed by atoms with van der Waals surface area (Å²) in [6, 6.07) is 3.27. The third-order valence-corrected chi connectivity index (χ3v) is 5.14. The fourth-order valence-electron chi connectivity index (χ4n) is 3.04. The number of hydrogen-bond donors (Lipinski definition) is 2. The molecule has 1 aromatic rings. The van der Waals surface area contributed by atoms with Crippen LogP contribution in [0.1, 0.15) is 19.3 Å². The zero-order valence-electron chi connectivity index (χ0n) is 13.4. The number of carbonyl (C=O) groups is 3. The van der Waals surface area contributed by atoms with Crippen molar-refractivity contribution in [3.63, 3.8) is 0 Å². The fraction of sp³-hybridized carbons (Fsp3) is 0.438. The zero-order chi connectivity index (χ0) is 18.1. The number of benzene rings is 1. The van der Waals surface area contributed by atoms with Gasteiger partial charge in [0.05, 0.1) is 15.7 Å². The zero-order valence-corrected chi connectivity index (χ0v) is 14.9. The van der Waals surface area contributed by atoms with Crippen molar-refractivity contribution < 1.29 is 14.4 Å². The van der Waals surface area contributed by atoms with Crippen molar-refractivity contribution in [2.24, 2.45) is 5.73 Å². The summed E-state index contributed by atoms with van der Waals surface area (Å²) in [5.74, 6) is -0.461. The topological polar surface area (TPSA) is 95.7 Å². The normalized spacial score (nSPS) is 23.3. The highest BCUT2D eigenvalue weighted by molar-refractivity contribution is 6.42. The molecule has 0 spiro atoms. The number of nitrogens with one attached hydrogen (secondary N) is 1. The van der Waals surface area contributed by atoms with E-state index in [4.69, 9.17) is 28.9 Å². The maximum absolute atomic E-state index is 12.5. The summed E-state index contributed by atoms with van der Waals surface area (Å²) in [7, 11) is 0. The number of carbonyl (C=O) groups excluding carboxylic acids is 3. The van der Waals surface area contributed by atoms with Gasteiger partial charge in [0.15, 0.2) is 0 Å². The number of anilines is 1. The molecule has 0 aromatic heterocycles. The average molecular weight is 385 g/mol. The van der Waals surface area contributed by atoms with E-state index >= 15 is 0 Å². The number of hydrogen-bond acceptors (Lipinski definition) is 4. The second-order valence-electron chi connectivity index (χ2n) is 6.20. The predicted molar refractivity (Wildman–Crippen MR) is 94.7 cm³/mol. The first-order valence-corrected chi connectivity index (χ1v) is 8.75. The molecule has 2 fully saturated rings. The number of urea groups is 1. The van der Waals surface area contributed by atoms with E-state index in [9.17, 15) is 14.4 Å². The molecule has 2 heterocycles. The van der Waals surface area contributed by atoms with Gasteiger partial charge < -0.3 is 16.0 Å². The SMILES string of the molecule is N[C@@H]1CCN(C(=O)CC[C@@H]2NC(=O)N(c3ccc(Cl)c(Cl)c3)C2=O)C1. The Morgan fingerprint density at radius 1 is 1.28 bits per heavy atom. The standard InChI is InChI=1S/C16H18Cl2N4O3/c17-11-2-1-10(7-12(11)18)22-15(24)13(20-16(22)25)3-4-14(23)21-6-5-9(19)8-21/h1-2,7,9,13H,3-6,8,19H2,(H,20,25)/t9-,13+/m1/s1. The largest absolute Gasteiger partial charge is 0.341 e. The Kier molecular flexibility index (Phi) is 5.17. The fourth-order valence-corrected chi connectivity index (χ4v) is 3.33. The van der Waals surface area contributed by atoms with Crippen LogP contribution in [-0.4, -0.2) is 47.9 Å². The van der Waals surface area contributed by atoms with Crippen LogP contribution in [0.4, 0.5) is 10.5 Å². The second kappa shape index (κ2) is 7.19. The summed E-state index contributed by atoms with van der Waals surface area (Å²) in [6.07, 6.45) is 1.21. The van der Waals surface area contributed by atoms with Crippen molar-refractivity contribution in [2.75, 3.05) is 18.0 Å². The van der Waals surface area contributed by atoms with Gasteiger partial charge in [0.2, 0.25) is 5.91 Å². The first-order chi connectivity index (χ1) is 11.9. The lowest BCUT2D eigenvalue weighted by atomic mass is 10.1. The number of halogens is 2. The van der Waals surface area contributed by atoms with Crippen LogP contribution in [0.15, 0.2) is 18.2 Å². The van der Waals surface area contributed by atoms with Crippen molar-refractivity contribution in [3.05, 3.63) is 28.2 Å². The van der Waals surface area contributed by atoms with Gasteiger partial charge in [0, 0.05) is 25.6 Å². The lowest BCUT2D eigenvalue weighted by molar-refractivity contribution is -0.130. The minimum atomic E-state index is -0.734. The van der Waals surface area contributed by atoms with E-state index in [1.165, 1.54) is 12.1 Å². The molecule has 0 aliphatic carbocycles. The van der Waals surface area contributed by atoms with Crippen LogP contribution in [-0.2, 0) is 9.59 Å².